The minimum Gasteiger partial charge on any atom is -0.394 e. The van der Waals surface area contributed by atoms with E-state index < -0.39 is 35.1 Å². The Morgan fingerprint density at radius 1 is 0.979 bits per heavy atom. The van der Waals surface area contributed by atoms with Crippen LogP contribution >= 0.6 is 0 Å². The maximum atomic E-state index is 15.1. The third kappa shape index (κ3) is 5.65. The normalized spacial score (nSPS) is 26.5. The summed E-state index contributed by atoms with van der Waals surface area (Å²) in [4.78, 5) is 49.7. The van der Waals surface area contributed by atoms with Crippen LogP contribution < -0.4 is 4.90 Å². The molecule has 48 heavy (non-hydrogen) atoms. The lowest BCUT2D eigenvalue weighted by Gasteiger charge is -2.40. The Balaban J connectivity index is 1.44. The number of hydrogen-bond donors (Lipinski definition) is 1. The molecule has 3 aliphatic heterocycles. The van der Waals surface area contributed by atoms with Crippen molar-refractivity contribution >= 4 is 34.2 Å². The molecule has 0 aliphatic carbocycles. The average molecular weight is 650 g/mol. The van der Waals surface area contributed by atoms with Crippen LogP contribution in [0.2, 0.25) is 0 Å². The number of amides is 3. The van der Waals surface area contributed by atoms with E-state index in [1.807, 2.05) is 93.6 Å². The molecule has 6 atom stereocenters. The molecule has 2 bridgehead atoms. The monoisotopic (exact) mass is 649 g/mol. The topological polar surface area (TPSA) is 90.4 Å². The highest BCUT2D eigenvalue weighted by molar-refractivity contribution is 6.06. The Morgan fingerprint density at radius 2 is 1.67 bits per heavy atom. The molecular weight excluding hydrogens is 602 g/mol. The molecule has 3 aliphatic rings. The smallest absolute Gasteiger partial charge is 0.253 e. The van der Waals surface area contributed by atoms with Gasteiger partial charge in [0.05, 0.1) is 30.1 Å². The Morgan fingerprint density at radius 3 is 2.33 bits per heavy atom. The van der Waals surface area contributed by atoms with E-state index in [0.717, 1.165) is 16.3 Å². The predicted molar refractivity (Wildman–Crippen MR) is 188 cm³/mol. The predicted octanol–water partition coefficient (Wildman–Crippen LogP) is 5.75. The number of fused-ring (bicyclic) bond motifs is 2. The van der Waals surface area contributed by atoms with E-state index in [1.54, 1.807) is 26.9 Å². The van der Waals surface area contributed by atoms with Gasteiger partial charge in [-0.2, -0.15) is 0 Å². The molecule has 0 saturated carbocycles. The molecule has 3 fully saturated rings. The van der Waals surface area contributed by atoms with E-state index in [1.165, 1.54) is 0 Å². The molecule has 252 valence electrons. The van der Waals surface area contributed by atoms with Gasteiger partial charge < -0.3 is 24.5 Å². The van der Waals surface area contributed by atoms with Crippen LogP contribution in [0.3, 0.4) is 0 Å². The van der Waals surface area contributed by atoms with Crippen LogP contribution in [0.4, 0.5) is 5.69 Å². The second-order valence-electron chi connectivity index (χ2n) is 14.2. The van der Waals surface area contributed by atoms with Crippen LogP contribution in [0.25, 0.3) is 10.8 Å². The number of aliphatic hydroxyl groups excluding tert-OH is 1. The Hall–Kier alpha value is -4.27. The molecule has 3 saturated heterocycles. The molecule has 1 spiro atoms. The summed E-state index contributed by atoms with van der Waals surface area (Å²) < 4.78 is 6.96. The highest BCUT2D eigenvalue weighted by Gasteiger charge is 2.79. The van der Waals surface area contributed by atoms with Gasteiger partial charge in [-0.15, -0.1) is 13.2 Å². The van der Waals surface area contributed by atoms with Crippen molar-refractivity contribution in [1.82, 2.24) is 9.80 Å². The van der Waals surface area contributed by atoms with E-state index >= 15 is 4.79 Å². The largest absolute Gasteiger partial charge is 0.394 e. The molecule has 0 aromatic heterocycles. The zero-order valence-corrected chi connectivity index (χ0v) is 28.3. The molecule has 3 aromatic rings. The summed E-state index contributed by atoms with van der Waals surface area (Å²) in [6, 6.07) is 21.9. The van der Waals surface area contributed by atoms with Crippen molar-refractivity contribution in [3.63, 3.8) is 0 Å². The van der Waals surface area contributed by atoms with Gasteiger partial charge in [0.2, 0.25) is 11.8 Å². The fourth-order valence-corrected chi connectivity index (χ4v) is 8.57. The third-order valence-electron chi connectivity index (χ3n) is 10.6. The number of anilines is 1. The van der Waals surface area contributed by atoms with Crippen molar-refractivity contribution in [1.29, 1.82) is 0 Å². The van der Waals surface area contributed by atoms with E-state index in [-0.39, 0.29) is 36.8 Å². The second-order valence-corrected chi connectivity index (χ2v) is 14.2. The maximum absolute atomic E-state index is 15.1. The minimum absolute atomic E-state index is 0.148. The lowest BCUT2D eigenvalue weighted by atomic mass is 9.66. The Bertz CT molecular complexity index is 1710. The van der Waals surface area contributed by atoms with Crippen molar-refractivity contribution in [2.45, 2.75) is 69.9 Å². The summed E-state index contributed by atoms with van der Waals surface area (Å²) >= 11 is 0. The van der Waals surface area contributed by atoms with Crippen LogP contribution in [0.5, 0.6) is 0 Å². The van der Waals surface area contributed by atoms with Gasteiger partial charge in [0.25, 0.3) is 5.91 Å². The zero-order chi connectivity index (χ0) is 34.2. The van der Waals surface area contributed by atoms with Crippen molar-refractivity contribution in [3.8, 4) is 0 Å². The number of carbonyl (C=O) groups is 3. The third-order valence-corrected chi connectivity index (χ3v) is 10.6. The molecule has 1 N–H and O–H groups in total. The van der Waals surface area contributed by atoms with Crippen LogP contribution in [0.1, 0.15) is 45.6 Å². The quantitative estimate of drug-likeness (QED) is 0.239. The van der Waals surface area contributed by atoms with Crippen molar-refractivity contribution in [2.75, 3.05) is 24.6 Å². The summed E-state index contributed by atoms with van der Waals surface area (Å²) in [6.07, 6.45) is 4.86. The van der Waals surface area contributed by atoms with Gasteiger partial charge in [0.1, 0.15) is 11.6 Å². The molecule has 3 aromatic carbocycles. The minimum atomic E-state index is -1.23. The van der Waals surface area contributed by atoms with Gasteiger partial charge in [-0.05, 0) is 60.6 Å². The number of benzene rings is 3. The average Bonchev–Trinajstić information content (AvgIpc) is 3.66. The first kappa shape index (κ1) is 33.6. The first-order valence-corrected chi connectivity index (χ1v) is 17.1. The molecule has 6 rings (SSSR count). The van der Waals surface area contributed by atoms with Gasteiger partial charge in [-0.3, -0.25) is 14.4 Å². The lowest BCUT2D eigenvalue weighted by molar-refractivity contribution is -0.152. The number of hydrogen-bond acceptors (Lipinski definition) is 5. The summed E-state index contributed by atoms with van der Waals surface area (Å²) in [6.45, 7) is 14.4. The van der Waals surface area contributed by atoms with Crippen molar-refractivity contribution in [3.05, 3.63) is 104 Å². The number of likely N-dealkylation sites (tertiary alicyclic amines) is 1. The molecule has 8 nitrogen and oxygen atoms in total. The molecule has 3 heterocycles. The maximum Gasteiger partial charge on any atom is 0.253 e. The van der Waals surface area contributed by atoms with Crippen molar-refractivity contribution in [2.24, 2.45) is 17.8 Å². The summed E-state index contributed by atoms with van der Waals surface area (Å²) in [5.41, 5.74) is -0.508. The number of nitrogens with zero attached hydrogens (tertiary/aromatic N) is 3. The summed E-state index contributed by atoms with van der Waals surface area (Å²) in [5.74, 6) is -2.30. The highest BCUT2D eigenvalue weighted by atomic mass is 16.5. The standard InChI is InChI=1S/C40H47N3O5/c1-6-21-41(25-28-13-9-8-10-14-28)36(45)33-34-37(46)43(32(26-44)23-27(3)4)35(40(34)20-19-39(33,5)48-40)38(47)42(22-7-2)31-18-17-29-15-11-12-16-30(29)24-31/h6-18,24,27,32-35,44H,1-2,19-23,25-26H2,3-5H3/t32-,33+,34+,35?,39-,40?/m1/s1. The summed E-state index contributed by atoms with van der Waals surface area (Å²) in [7, 11) is 0. The Kier molecular flexibility index (Phi) is 9.33. The van der Waals surface area contributed by atoms with Gasteiger partial charge >= 0.3 is 0 Å². The molecule has 3 amide bonds. The van der Waals surface area contributed by atoms with Crippen molar-refractivity contribution < 1.29 is 24.2 Å². The van der Waals surface area contributed by atoms with Crippen LogP contribution in [0.15, 0.2) is 98.1 Å². The van der Waals surface area contributed by atoms with Crippen LogP contribution in [-0.4, -0.2) is 75.6 Å². The van der Waals surface area contributed by atoms with Crippen LogP contribution in [-0.2, 0) is 25.7 Å². The Labute approximate surface area is 283 Å². The molecule has 2 unspecified atom stereocenters. The van der Waals surface area contributed by atoms with Gasteiger partial charge in [-0.1, -0.05) is 86.7 Å². The zero-order valence-electron chi connectivity index (χ0n) is 28.3. The first-order valence-electron chi connectivity index (χ1n) is 17.1. The van der Waals surface area contributed by atoms with E-state index in [9.17, 15) is 14.7 Å². The van der Waals surface area contributed by atoms with Gasteiger partial charge in [-0.25, -0.2) is 0 Å². The number of ether oxygens (including phenoxy) is 1. The first-order chi connectivity index (χ1) is 23.1. The van der Waals surface area contributed by atoms with E-state index in [4.69, 9.17) is 4.74 Å². The number of carbonyl (C=O) groups excluding carboxylic acids is 3. The van der Waals surface area contributed by atoms with E-state index in [2.05, 4.69) is 13.2 Å². The summed E-state index contributed by atoms with van der Waals surface area (Å²) in [5, 5.41) is 12.8. The van der Waals surface area contributed by atoms with E-state index in [0.29, 0.717) is 38.0 Å². The molecule has 0 radical (unpaired) electrons. The van der Waals surface area contributed by atoms with Crippen LogP contribution in [0, 0.1) is 17.8 Å². The van der Waals surface area contributed by atoms with Gasteiger partial charge in [0, 0.05) is 25.3 Å². The lowest BCUT2D eigenvalue weighted by Crippen LogP contribution is -2.59. The SMILES string of the molecule is C=CCN(Cc1ccccc1)C(=O)[C@@H]1[C@H]2C(=O)N([C@@H](CO)CC(C)C)C(C(=O)N(CC=C)c3ccc4ccccc4c3)C23CC[C@@]1(C)O3. The number of aliphatic hydroxyl groups is 1. The second kappa shape index (κ2) is 13.3. The molecular formula is C40H47N3O5. The van der Waals surface area contributed by atoms with Gasteiger partial charge in [0.15, 0.2) is 0 Å². The molecule has 8 heteroatoms. The number of rotatable bonds is 13. The highest BCUT2D eigenvalue weighted by Crippen LogP contribution is 2.64. The fraction of sp³-hybridized carbons (Fsp3) is 0.425. The fourth-order valence-electron chi connectivity index (χ4n) is 8.57.